The van der Waals surface area contributed by atoms with E-state index in [4.69, 9.17) is 0 Å². The highest BCUT2D eigenvalue weighted by molar-refractivity contribution is 7.97. The summed E-state index contributed by atoms with van der Waals surface area (Å²) in [5.74, 6) is -0.559. The summed E-state index contributed by atoms with van der Waals surface area (Å²) in [4.78, 5) is 37.2. The van der Waals surface area contributed by atoms with Gasteiger partial charge in [-0.25, -0.2) is 0 Å². The minimum Gasteiger partial charge on any atom is -0.300 e. The van der Waals surface area contributed by atoms with E-state index in [1.165, 1.54) is 6.92 Å². The van der Waals surface area contributed by atoms with Gasteiger partial charge in [0, 0.05) is 0 Å². The fourth-order valence-electron chi connectivity index (χ4n) is 3.65. The minimum absolute atomic E-state index is 0.232. The maximum absolute atomic E-state index is 13.1. The Morgan fingerprint density at radius 3 is 1.39 bits per heavy atom. The average Bonchev–Trinajstić information content (AvgIpc) is 2.73. The minimum atomic E-state index is -2.65. The lowest BCUT2D eigenvalue weighted by molar-refractivity contribution is -0.126. The van der Waals surface area contributed by atoms with Crippen molar-refractivity contribution in [2.75, 3.05) is 0 Å². The van der Waals surface area contributed by atoms with Gasteiger partial charge in [-0.15, -0.1) is 0 Å². The largest absolute Gasteiger partial charge is 0.300 e. The third-order valence-electron chi connectivity index (χ3n) is 4.79. The first-order valence-electron chi connectivity index (χ1n) is 9.13. The first-order valence-corrected chi connectivity index (χ1v) is 11.0. The number of benzene rings is 3. The maximum atomic E-state index is 13.1. The van der Waals surface area contributed by atoms with Crippen LogP contribution in [0.5, 0.6) is 0 Å². The van der Waals surface area contributed by atoms with Gasteiger partial charge in [0.15, 0.2) is 17.7 Å². The number of ketones is 2. The fraction of sp³-hybridized carbons (Fsp3) is 0.125. The lowest BCUT2D eigenvalue weighted by Crippen LogP contribution is -2.43. The van der Waals surface area contributed by atoms with Crippen LogP contribution in [-0.4, -0.2) is 23.5 Å². The van der Waals surface area contributed by atoms with Crippen molar-refractivity contribution in [3.05, 3.63) is 91.0 Å². The van der Waals surface area contributed by atoms with Crippen LogP contribution in [0, 0.1) is 0 Å². The Morgan fingerprint density at radius 2 is 1.11 bits per heavy atom. The van der Waals surface area contributed by atoms with Crippen molar-refractivity contribution < 1.29 is 14.4 Å². The highest BCUT2D eigenvalue weighted by atomic mass is 31.2. The SMILES string of the molecule is CC(=O)CC(=O)C(C=O)[P+](c1ccccc1)(c1ccccc1)c1ccccc1. The van der Waals surface area contributed by atoms with Crippen LogP contribution in [0.2, 0.25) is 0 Å². The van der Waals surface area contributed by atoms with E-state index in [0.29, 0.717) is 0 Å². The van der Waals surface area contributed by atoms with Crippen molar-refractivity contribution in [3.63, 3.8) is 0 Å². The molecule has 0 amide bonds. The summed E-state index contributed by atoms with van der Waals surface area (Å²) in [6.45, 7) is 1.38. The molecule has 3 nitrogen and oxygen atoms in total. The highest BCUT2D eigenvalue weighted by Gasteiger charge is 2.55. The van der Waals surface area contributed by atoms with Gasteiger partial charge in [0.05, 0.1) is 6.42 Å². The second-order valence-corrected chi connectivity index (χ2v) is 10.2. The van der Waals surface area contributed by atoms with E-state index in [-0.39, 0.29) is 18.0 Å². The third kappa shape index (κ3) is 3.72. The molecule has 1 unspecified atom stereocenters. The lowest BCUT2D eigenvalue weighted by Gasteiger charge is -2.31. The number of carbonyl (C=O) groups is 3. The first-order chi connectivity index (χ1) is 13.6. The van der Waals surface area contributed by atoms with Crippen LogP contribution < -0.4 is 15.9 Å². The Hall–Kier alpha value is -2.90. The van der Waals surface area contributed by atoms with E-state index in [1.807, 2.05) is 91.0 Å². The van der Waals surface area contributed by atoms with Crippen LogP contribution in [0.15, 0.2) is 91.0 Å². The van der Waals surface area contributed by atoms with Gasteiger partial charge >= 0.3 is 0 Å². The van der Waals surface area contributed by atoms with Crippen LogP contribution >= 0.6 is 7.26 Å². The summed E-state index contributed by atoms with van der Waals surface area (Å²) < 4.78 is 0. The van der Waals surface area contributed by atoms with Gasteiger partial charge in [-0.2, -0.15) is 0 Å². The van der Waals surface area contributed by atoms with E-state index in [9.17, 15) is 14.4 Å². The molecule has 0 aliphatic rings. The quantitative estimate of drug-likeness (QED) is 0.338. The van der Waals surface area contributed by atoms with Gasteiger partial charge in [0.1, 0.15) is 29.0 Å². The zero-order chi connectivity index (χ0) is 20.0. The van der Waals surface area contributed by atoms with Gasteiger partial charge in [-0.3, -0.25) is 14.4 Å². The molecule has 0 saturated heterocycles. The molecule has 0 spiro atoms. The molecule has 3 aromatic rings. The monoisotopic (exact) mass is 389 g/mol. The molecule has 0 heterocycles. The average molecular weight is 389 g/mol. The molecule has 3 rings (SSSR count). The fourth-order valence-corrected chi connectivity index (χ4v) is 8.14. The Kier molecular flexibility index (Phi) is 6.28. The van der Waals surface area contributed by atoms with Crippen LogP contribution in [-0.2, 0) is 14.4 Å². The van der Waals surface area contributed by atoms with Crippen molar-refractivity contribution in [2.45, 2.75) is 19.0 Å². The maximum Gasteiger partial charge on any atom is 0.196 e. The van der Waals surface area contributed by atoms with Gasteiger partial charge in [0.25, 0.3) is 0 Å². The Labute approximate surface area is 165 Å². The van der Waals surface area contributed by atoms with Crippen LogP contribution in [0.1, 0.15) is 13.3 Å². The molecule has 0 radical (unpaired) electrons. The molecule has 1 atom stereocenters. The summed E-state index contributed by atoms with van der Waals surface area (Å²) in [6, 6.07) is 29.2. The van der Waals surface area contributed by atoms with Crippen molar-refractivity contribution in [1.29, 1.82) is 0 Å². The Bertz CT molecular complexity index is 856. The van der Waals surface area contributed by atoms with E-state index in [0.717, 1.165) is 22.2 Å². The number of hydrogen-bond acceptors (Lipinski definition) is 3. The molecule has 140 valence electrons. The molecule has 4 heteroatoms. The summed E-state index contributed by atoms with van der Waals surface area (Å²) >= 11 is 0. The van der Waals surface area contributed by atoms with Crippen LogP contribution in [0.4, 0.5) is 0 Å². The van der Waals surface area contributed by atoms with Gasteiger partial charge < -0.3 is 0 Å². The van der Waals surface area contributed by atoms with E-state index in [2.05, 4.69) is 0 Å². The molecule has 28 heavy (non-hydrogen) atoms. The molecule has 0 aromatic heterocycles. The van der Waals surface area contributed by atoms with Gasteiger partial charge in [0.2, 0.25) is 0 Å². The number of hydrogen-bond donors (Lipinski definition) is 0. The Balaban J connectivity index is 2.38. The number of carbonyl (C=O) groups excluding carboxylic acids is 3. The third-order valence-corrected chi connectivity index (χ3v) is 9.37. The van der Waals surface area contributed by atoms with Crippen molar-refractivity contribution >= 4 is 41.0 Å². The van der Waals surface area contributed by atoms with Gasteiger partial charge in [-0.05, 0) is 43.3 Å². The van der Waals surface area contributed by atoms with Crippen LogP contribution in [0.3, 0.4) is 0 Å². The summed E-state index contributed by atoms with van der Waals surface area (Å²) in [6.07, 6.45) is 0.504. The molecule has 0 aliphatic heterocycles. The zero-order valence-corrected chi connectivity index (χ0v) is 16.6. The highest BCUT2D eigenvalue weighted by Crippen LogP contribution is 2.59. The molecule has 0 aliphatic carbocycles. The van der Waals surface area contributed by atoms with Crippen molar-refractivity contribution in [1.82, 2.24) is 0 Å². The molecule has 0 fully saturated rings. The smallest absolute Gasteiger partial charge is 0.196 e. The summed E-state index contributed by atoms with van der Waals surface area (Å²) in [5, 5.41) is 2.84. The van der Waals surface area contributed by atoms with Crippen molar-refractivity contribution in [2.24, 2.45) is 0 Å². The summed E-state index contributed by atoms with van der Waals surface area (Å²) in [7, 11) is -2.65. The topological polar surface area (TPSA) is 51.2 Å². The lowest BCUT2D eigenvalue weighted by atomic mass is 10.2. The van der Waals surface area contributed by atoms with Gasteiger partial charge in [-0.1, -0.05) is 54.6 Å². The number of rotatable bonds is 8. The normalized spacial score (nSPS) is 12.2. The van der Waals surface area contributed by atoms with E-state index < -0.39 is 12.9 Å². The molecular weight excluding hydrogens is 367 g/mol. The molecule has 3 aromatic carbocycles. The second-order valence-electron chi connectivity index (χ2n) is 6.66. The molecule has 0 N–H and O–H groups in total. The van der Waals surface area contributed by atoms with E-state index >= 15 is 0 Å². The number of Topliss-reactive ketones (excluding diaryl/α,β-unsaturated/α-hetero) is 2. The van der Waals surface area contributed by atoms with E-state index in [1.54, 1.807) is 0 Å². The Morgan fingerprint density at radius 1 is 0.750 bits per heavy atom. The predicted molar refractivity (Wildman–Crippen MR) is 115 cm³/mol. The first kappa shape index (κ1) is 19.9. The molecule has 0 bridgehead atoms. The standard InChI is InChI=1S/C24H22O3P/c1-19(26)17-23(27)24(18-25)28(20-11-5-2-6-12-20,21-13-7-3-8-14-21)22-15-9-4-10-16-22/h2-16,18,24H,17H2,1H3/q+1. The molecular formula is C24H22O3P+. The second kappa shape index (κ2) is 8.86. The summed E-state index contributed by atoms with van der Waals surface area (Å²) in [5.41, 5.74) is -0.913. The number of aldehydes is 1. The zero-order valence-electron chi connectivity index (χ0n) is 15.7. The van der Waals surface area contributed by atoms with Crippen LogP contribution in [0.25, 0.3) is 0 Å². The van der Waals surface area contributed by atoms with Crippen molar-refractivity contribution in [3.8, 4) is 0 Å². The molecule has 0 saturated carbocycles. The predicted octanol–water partition coefficient (Wildman–Crippen LogP) is 3.10.